The van der Waals surface area contributed by atoms with Gasteiger partial charge in [-0.05, 0) is 19.1 Å². The number of carbonyl (C=O) groups is 2. The largest absolute Gasteiger partial charge is 0.480 e. The zero-order valence-corrected chi connectivity index (χ0v) is 9.49. The van der Waals surface area contributed by atoms with Crippen LogP contribution in [0.5, 0.6) is 0 Å². The Labute approximate surface area is 98.3 Å². The van der Waals surface area contributed by atoms with Gasteiger partial charge in [0.05, 0.1) is 5.69 Å². The van der Waals surface area contributed by atoms with Crippen LogP contribution in [0.3, 0.4) is 0 Å². The summed E-state index contributed by atoms with van der Waals surface area (Å²) in [6, 6.07) is 5.41. The van der Waals surface area contributed by atoms with Gasteiger partial charge in [0.2, 0.25) is 0 Å². The van der Waals surface area contributed by atoms with Gasteiger partial charge in [0.25, 0.3) is 0 Å². The molecule has 2 amide bonds. The molecule has 0 aromatic heterocycles. The first-order valence-corrected chi connectivity index (χ1v) is 5.03. The Morgan fingerprint density at radius 1 is 1.38 bits per heavy atom. The molecule has 5 nitrogen and oxygen atoms in total. The smallest absolute Gasteiger partial charge is 0.325 e. The number of hydrogen-bond acceptors (Lipinski definition) is 3. The SMILES string of the molecule is CC(NC(=O)Nc1ccccc1S)C(=O)O. The van der Waals surface area contributed by atoms with E-state index in [0.29, 0.717) is 10.6 Å². The number of hydrogen-bond donors (Lipinski definition) is 4. The number of aliphatic carboxylic acids is 1. The summed E-state index contributed by atoms with van der Waals surface area (Å²) in [6.45, 7) is 1.38. The lowest BCUT2D eigenvalue weighted by Gasteiger charge is -2.11. The van der Waals surface area contributed by atoms with Gasteiger partial charge in [-0.15, -0.1) is 12.6 Å². The maximum Gasteiger partial charge on any atom is 0.325 e. The van der Waals surface area contributed by atoms with Crippen LogP contribution < -0.4 is 10.6 Å². The standard InChI is InChI=1S/C10H12N2O3S/c1-6(9(13)14)11-10(15)12-7-4-2-3-5-8(7)16/h2-6,16H,1H3,(H,13,14)(H2,11,12,15). The van der Waals surface area contributed by atoms with Crippen molar-refractivity contribution in [3.63, 3.8) is 0 Å². The molecule has 0 fully saturated rings. The van der Waals surface area contributed by atoms with Gasteiger partial charge >= 0.3 is 12.0 Å². The van der Waals surface area contributed by atoms with Crippen molar-refractivity contribution in [3.8, 4) is 0 Å². The maximum atomic E-state index is 11.4. The summed E-state index contributed by atoms with van der Waals surface area (Å²) in [4.78, 5) is 22.5. The number of carbonyl (C=O) groups excluding carboxylic acids is 1. The molecule has 16 heavy (non-hydrogen) atoms. The van der Waals surface area contributed by atoms with Gasteiger partial charge in [0, 0.05) is 4.90 Å². The van der Waals surface area contributed by atoms with E-state index in [-0.39, 0.29) is 0 Å². The normalized spacial score (nSPS) is 11.6. The summed E-state index contributed by atoms with van der Waals surface area (Å²) in [7, 11) is 0. The van der Waals surface area contributed by atoms with E-state index in [1.807, 2.05) is 0 Å². The minimum Gasteiger partial charge on any atom is -0.480 e. The van der Waals surface area contributed by atoms with Gasteiger partial charge in [0.1, 0.15) is 6.04 Å². The highest BCUT2D eigenvalue weighted by atomic mass is 32.1. The van der Waals surface area contributed by atoms with Gasteiger partial charge in [-0.25, -0.2) is 4.79 Å². The minimum absolute atomic E-state index is 0.529. The fourth-order valence-electron chi connectivity index (χ4n) is 0.996. The van der Waals surface area contributed by atoms with Crippen LogP contribution in [0.25, 0.3) is 0 Å². The Balaban J connectivity index is 2.59. The van der Waals surface area contributed by atoms with Crippen molar-refractivity contribution in [3.05, 3.63) is 24.3 Å². The molecule has 0 aliphatic rings. The third-order valence-electron chi connectivity index (χ3n) is 1.87. The summed E-state index contributed by atoms with van der Waals surface area (Å²) in [5.74, 6) is -1.09. The van der Waals surface area contributed by atoms with Crippen molar-refractivity contribution < 1.29 is 14.7 Å². The zero-order valence-electron chi connectivity index (χ0n) is 8.60. The number of para-hydroxylation sites is 1. The van der Waals surface area contributed by atoms with Crippen molar-refractivity contribution in [1.29, 1.82) is 0 Å². The van der Waals surface area contributed by atoms with Crippen LogP contribution >= 0.6 is 12.6 Å². The van der Waals surface area contributed by atoms with Crippen LogP contribution in [0.2, 0.25) is 0 Å². The second-order valence-electron chi connectivity index (χ2n) is 3.18. The summed E-state index contributed by atoms with van der Waals surface area (Å²) >= 11 is 4.14. The van der Waals surface area contributed by atoms with Gasteiger partial charge < -0.3 is 15.7 Å². The first-order valence-electron chi connectivity index (χ1n) is 4.59. The zero-order chi connectivity index (χ0) is 12.1. The van der Waals surface area contributed by atoms with E-state index in [4.69, 9.17) is 5.11 Å². The highest BCUT2D eigenvalue weighted by Gasteiger charge is 2.13. The average Bonchev–Trinajstić information content (AvgIpc) is 2.21. The van der Waals surface area contributed by atoms with E-state index in [1.165, 1.54) is 6.92 Å². The topological polar surface area (TPSA) is 78.4 Å². The fraction of sp³-hybridized carbons (Fsp3) is 0.200. The van der Waals surface area contributed by atoms with E-state index >= 15 is 0 Å². The quantitative estimate of drug-likeness (QED) is 0.606. The Hall–Kier alpha value is -1.69. The van der Waals surface area contributed by atoms with Crippen LogP contribution in [0.15, 0.2) is 29.2 Å². The summed E-state index contributed by atoms with van der Waals surface area (Å²) < 4.78 is 0. The van der Waals surface area contributed by atoms with Crippen LogP contribution in [0.4, 0.5) is 10.5 Å². The number of rotatable bonds is 3. The molecular formula is C10H12N2O3S. The molecule has 3 N–H and O–H groups in total. The predicted molar refractivity (Wildman–Crippen MR) is 62.9 cm³/mol. The van der Waals surface area contributed by atoms with E-state index in [0.717, 1.165) is 0 Å². The monoisotopic (exact) mass is 240 g/mol. The molecule has 1 aromatic carbocycles. The summed E-state index contributed by atoms with van der Waals surface area (Å²) in [5.41, 5.74) is 0.529. The van der Waals surface area contributed by atoms with Crippen molar-refractivity contribution in [2.75, 3.05) is 5.32 Å². The Bertz CT molecular complexity index is 409. The first kappa shape index (κ1) is 12.4. The molecule has 0 heterocycles. The third-order valence-corrected chi connectivity index (χ3v) is 2.26. The summed E-state index contributed by atoms with van der Waals surface area (Å²) in [6.07, 6.45) is 0. The molecule has 1 unspecified atom stereocenters. The van der Waals surface area contributed by atoms with Crippen LogP contribution in [-0.4, -0.2) is 23.1 Å². The van der Waals surface area contributed by atoms with Gasteiger partial charge in [-0.3, -0.25) is 4.79 Å². The number of amides is 2. The lowest BCUT2D eigenvalue weighted by molar-refractivity contribution is -0.138. The predicted octanol–water partition coefficient (Wildman–Crippen LogP) is 1.57. The molecule has 1 atom stereocenters. The first-order chi connectivity index (χ1) is 7.50. The van der Waals surface area contributed by atoms with Crippen LogP contribution in [0, 0.1) is 0 Å². The molecule has 86 valence electrons. The maximum absolute atomic E-state index is 11.4. The van der Waals surface area contributed by atoms with Crippen molar-refractivity contribution in [1.82, 2.24) is 5.32 Å². The second kappa shape index (κ2) is 5.41. The second-order valence-corrected chi connectivity index (χ2v) is 3.66. The Kier molecular flexibility index (Phi) is 4.19. The molecule has 0 bridgehead atoms. The Morgan fingerprint density at radius 2 is 2.00 bits per heavy atom. The van der Waals surface area contributed by atoms with Crippen LogP contribution in [0.1, 0.15) is 6.92 Å². The van der Waals surface area contributed by atoms with Crippen molar-refractivity contribution in [2.24, 2.45) is 0 Å². The molecule has 1 rings (SSSR count). The van der Waals surface area contributed by atoms with Crippen molar-refractivity contribution in [2.45, 2.75) is 17.9 Å². The molecule has 0 spiro atoms. The van der Waals surface area contributed by atoms with E-state index in [9.17, 15) is 9.59 Å². The number of carboxylic acid groups (broad SMARTS) is 1. The molecule has 0 aliphatic carbocycles. The molecule has 6 heteroatoms. The van der Waals surface area contributed by atoms with Crippen LogP contribution in [-0.2, 0) is 4.79 Å². The Morgan fingerprint density at radius 3 is 2.56 bits per heavy atom. The number of urea groups is 1. The lowest BCUT2D eigenvalue weighted by atomic mass is 10.3. The summed E-state index contributed by atoms with van der Waals surface area (Å²) in [5, 5.41) is 13.4. The van der Waals surface area contributed by atoms with Gasteiger partial charge in [-0.1, -0.05) is 12.1 Å². The van der Waals surface area contributed by atoms with Gasteiger partial charge in [0.15, 0.2) is 0 Å². The number of anilines is 1. The number of carboxylic acids is 1. The van der Waals surface area contributed by atoms with Gasteiger partial charge in [-0.2, -0.15) is 0 Å². The fourth-order valence-corrected chi connectivity index (χ4v) is 1.21. The number of thiol groups is 1. The van der Waals surface area contributed by atoms with Crippen molar-refractivity contribution >= 4 is 30.3 Å². The molecule has 0 saturated heterocycles. The molecular weight excluding hydrogens is 228 g/mol. The average molecular weight is 240 g/mol. The molecule has 0 aliphatic heterocycles. The molecule has 0 saturated carbocycles. The number of nitrogens with one attached hydrogen (secondary N) is 2. The van der Waals surface area contributed by atoms with E-state index < -0.39 is 18.0 Å². The molecule has 1 aromatic rings. The number of benzene rings is 1. The van der Waals surface area contributed by atoms with E-state index in [2.05, 4.69) is 23.3 Å². The molecule has 0 radical (unpaired) electrons. The third kappa shape index (κ3) is 3.47. The highest BCUT2D eigenvalue weighted by molar-refractivity contribution is 7.80. The lowest BCUT2D eigenvalue weighted by Crippen LogP contribution is -2.40. The highest BCUT2D eigenvalue weighted by Crippen LogP contribution is 2.18. The van der Waals surface area contributed by atoms with E-state index in [1.54, 1.807) is 24.3 Å². The minimum atomic E-state index is -1.09.